The monoisotopic (exact) mass is 333 g/mol. The van der Waals surface area contributed by atoms with Crippen molar-refractivity contribution >= 4 is 30.8 Å². The predicted octanol–water partition coefficient (Wildman–Crippen LogP) is 1.97. The number of benzene rings is 1. The van der Waals surface area contributed by atoms with Gasteiger partial charge in [0.25, 0.3) is 0 Å². The van der Waals surface area contributed by atoms with Crippen LogP contribution in [0.25, 0.3) is 11.4 Å². The summed E-state index contributed by atoms with van der Waals surface area (Å²) in [4.78, 5) is 18.0. The minimum Gasteiger partial charge on any atom is -0.507 e. The molecular weight excluding hydrogens is 317 g/mol. The van der Waals surface area contributed by atoms with Crippen molar-refractivity contribution < 1.29 is 15.0 Å². The van der Waals surface area contributed by atoms with E-state index in [2.05, 4.69) is 9.97 Å². The molecule has 0 aliphatic carbocycles. The summed E-state index contributed by atoms with van der Waals surface area (Å²) in [6, 6.07) is 4.84. The second kappa shape index (κ2) is 7.31. The van der Waals surface area contributed by atoms with Crippen LogP contribution in [0.1, 0.15) is 12.5 Å². The maximum absolute atomic E-state index is 11.0. The third-order valence-electron chi connectivity index (χ3n) is 2.87. The lowest BCUT2D eigenvalue weighted by Crippen LogP contribution is -2.46. The number of halogens is 2. The maximum atomic E-state index is 11.0. The van der Waals surface area contributed by atoms with E-state index in [1.165, 1.54) is 13.0 Å². The van der Waals surface area contributed by atoms with Crippen LogP contribution in [0.5, 0.6) is 5.75 Å². The molecule has 0 aliphatic heterocycles. The normalized spacial score (nSPS) is 12.7. The third-order valence-corrected chi connectivity index (χ3v) is 2.87. The molecule has 5 N–H and O–H groups in total. The van der Waals surface area contributed by atoms with Gasteiger partial charge in [-0.2, -0.15) is 0 Å². The molecule has 0 saturated carbocycles. The molecule has 21 heavy (non-hydrogen) atoms. The number of hydrogen-bond acceptors (Lipinski definition) is 4. The number of hydrogen-bond donors (Lipinski definition) is 4. The number of nitrogens with zero attached hydrogens (tertiary/aromatic N) is 1. The van der Waals surface area contributed by atoms with Gasteiger partial charge in [-0.1, -0.05) is 6.07 Å². The number of aromatic hydroxyl groups is 1. The smallest absolute Gasteiger partial charge is 0.323 e. The van der Waals surface area contributed by atoms with E-state index in [1.807, 2.05) is 0 Å². The molecule has 2 rings (SSSR count). The molecule has 2 aromatic rings. The quantitative estimate of drug-likeness (QED) is 0.683. The molecule has 8 heteroatoms. The number of carboxylic acid groups (broad SMARTS) is 1. The van der Waals surface area contributed by atoms with Gasteiger partial charge in [0.2, 0.25) is 0 Å². The van der Waals surface area contributed by atoms with Gasteiger partial charge in [0.1, 0.15) is 17.1 Å². The number of H-pyrrole nitrogens is 1. The molecule has 1 aromatic carbocycles. The summed E-state index contributed by atoms with van der Waals surface area (Å²) in [5.41, 5.74) is 5.60. The van der Waals surface area contributed by atoms with E-state index in [0.29, 0.717) is 11.4 Å². The second-order valence-corrected chi connectivity index (χ2v) is 4.69. The van der Waals surface area contributed by atoms with E-state index in [9.17, 15) is 9.90 Å². The maximum Gasteiger partial charge on any atom is 0.323 e. The van der Waals surface area contributed by atoms with E-state index in [-0.39, 0.29) is 37.0 Å². The third kappa shape index (κ3) is 4.35. The van der Waals surface area contributed by atoms with Crippen LogP contribution >= 0.6 is 24.8 Å². The number of aromatic amines is 1. The first-order valence-electron chi connectivity index (χ1n) is 5.74. The first-order chi connectivity index (χ1) is 8.90. The molecule has 0 aliphatic rings. The number of imidazole rings is 1. The number of nitrogens with one attached hydrogen (secondary N) is 1. The van der Waals surface area contributed by atoms with Crippen molar-refractivity contribution in [1.29, 1.82) is 0 Å². The minimum atomic E-state index is -1.35. The average Bonchev–Trinajstić information content (AvgIpc) is 2.84. The molecule has 1 heterocycles. The van der Waals surface area contributed by atoms with Crippen LogP contribution in [0, 0.1) is 0 Å². The van der Waals surface area contributed by atoms with E-state index in [1.54, 1.807) is 24.5 Å². The minimum absolute atomic E-state index is 0. The van der Waals surface area contributed by atoms with Crippen LogP contribution in [0.3, 0.4) is 0 Å². The van der Waals surface area contributed by atoms with Gasteiger partial charge in [0, 0.05) is 18.8 Å². The van der Waals surface area contributed by atoms with Crippen molar-refractivity contribution in [3.8, 4) is 17.1 Å². The lowest BCUT2D eigenvalue weighted by molar-refractivity contribution is -0.142. The van der Waals surface area contributed by atoms with Gasteiger partial charge in [-0.3, -0.25) is 4.79 Å². The predicted molar refractivity (Wildman–Crippen MR) is 84.1 cm³/mol. The van der Waals surface area contributed by atoms with Crippen molar-refractivity contribution in [2.45, 2.75) is 18.9 Å². The van der Waals surface area contributed by atoms with Crippen LogP contribution in [0.15, 0.2) is 30.6 Å². The number of carboxylic acids is 1. The zero-order valence-corrected chi connectivity index (χ0v) is 12.9. The molecular formula is C13H17Cl2N3O3. The van der Waals surface area contributed by atoms with E-state index >= 15 is 0 Å². The van der Waals surface area contributed by atoms with Crippen molar-refractivity contribution in [3.63, 3.8) is 0 Å². The van der Waals surface area contributed by atoms with Gasteiger partial charge >= 0.3 is 5.97 Å². The number of aromatic nitrogens is 2. The zero-order valence-electron chi connectivity index (χ0n) is 11.2. The molecule has 0 radical (unpaired) electrons. The Bertz CT molecular complexity index is 601. The van der Waals surface area contributed by atoms with E-state index in [0.717, 1.165) is 5.56 Å². The van der Waals surface area contributed by atoms with Crippen LogP contribution in [0.2, 0.25) is 0 Å². The number of phenols is 1. The Kier molecular flexibility index (Phi) is 6.69. The number of nitrogens with two attached hydrogens (primary N) is 1. The highest BCUT2D eigenvalue weighted by atomic mass is 35.5. The van der Waals surface area contributed by atoms with Gasteiger partial charge in [-0.05, 0) is 24.6 Å². The fourth-order valence-corrected chi connectivity index (χ4v) is 1.80. The van der Waals surface area contributed by atoms with Crippen LogP contribution in [0.4, 0.5) is 0 Å². The topological polar surface area (TPSA) is 112 Å². The number of phenolic OH excluding ortho intramolecular Hbond substituents is 1. The first kappa shape index (κ1) is 19.2. The summed E-state index contributed by atoms with van der Waals surface area (Å²) in [5.74, 6) is -0.471. The van der Waals surface area contributed by atoms with Gasteiger partial charge in [-0.25, -0.2) is 4.98 Å². The fourth-order valence-electron chi connectivity index (χ4n) is 1.80. The Balaban J connectivity index is 0.00000200. The molecule has 0 spiro atoms. The lowest BCUT2D eigenvalue weighted by atomic mass is 9.93. The summed E-state index contributed by atoms with van der Waals surface area (Å²) >= 11 is 0. The molecule has 0 bridgehead atoms. The van der Waals surface area contributed by atoms with Crippen molar-refractivity contribution in [2.75, 3.05) is 0 Å². The highest BCUT2D eigenvalue weighted by molar-refractivity contribution is 5.85. The Morgan fingerprint density at radius 2 is 2.10 bits per heavy atom. The Morgan fingerprint density at radius 1 is 1.43 bits per heavy atom. The van der Waals surface area contributed by atoms with Crippen LogP contribution < -0.4 is 5.73 Å². The Hall–Kier alpha value is -1.76. The van der Waals surface area contributed by atoms with Crippen LogP contribution in [-0.2, 0) is 11.2 Å². The van der Waals surface area contributed by atoms with E-state index in [4.69, 9.17) is 10.8 Å². The summed E-state index contributed by atoms with van der Waals surface area (Å²) in [5, 5.41) is 18.8. The molecule has 0 amide bonds. The number of rotatable bonds is 4. The Labute approximate surface area is 134 Å². The van der Waals surface area contributed by atoms with E-state index < -0.39 is 11.5 Å². The fraction of sp³-hybridized carbons (Fsp3) is 0.231. The summed E-state index contributed by atoms with van der Waals surface area (Å²) < 4.78 is 0. The molecule has 1 aromatic heterocycles. The Morgan fingerprint density at radius 3 is 2.62 bits per heavy atom. The molecule has 6 nitrogen and oxygen atoms in total. The van der Waals surface area contributed by atoms with Crippen molar-refractivity contribution in [3.05, 3.63) is 36.2 Å². The SMILES string of the molecule is C[C@](N)(Cc1ccc(O)c(-c2ncc[nH]2)c1)C(=O)O.Cl.Cl. The van der Waals surface area contributed by atoms with Gasteiger partial charge in [-0.15, -0.1) is 24.8 Å². The molecule has 1 atom stereocenters. The zero-order chi connectivity index (χ0) is 14.0. The molecule has 0 unspecified atom stereocenters. The average molecular weight is 334 g/mol. The summed E-state index contributed by atoms with van der Waals surface area (Å²) in [6.07, 6.45) is 3.38. The second-order valence-electron chi connectivity index (χ2n) is 4.69. The van der Waals surface area contributed by atoms with Gasteiger partial charge in [0.05, 0.1) is 5.56 Å². The van der Waals surface area contributed by atoms with Gasteiger partial charge in [0.15, 0.2) is 0 Å². The van der Waals surface area contributed by atoms with Gasteiger partial charge < -0.3 is 20.9 Å². The number of carbonyl (C=O) groups is 1. The highest BCUT2D eigenvalue weighted by Crippen LogP contribution is 2.28. The van der Waals surface area contributed by atoms with Crippen molar-refractivity contribution in [1.82, 2.24) is 9.97 Å². The largest absolute Gasteiger partial charge is 0.507 e. The molecule has 116 valence electrons. The van der Waals surface area contributed by atoms with Crippen LogP contribution in [-0.4, -0.2) is 31.7 Å². The summed E-state index contributed by atoms with van der Waals surface area (Å²) in [7, 11) is 0. The standard InChI is InChI=1S/C13H15N3O3.2ClH/c1-13(14,12(18)19)7-8-2-3-10(17)9(6-8)11-15-4-5-16-11;;/h2-6,17H,7,14H2,1H3,(H,15,16)(H,18,19);2*1H/t13-;;/m0../s1. The molecule has 0 saturated heterocycles. The summed E-state index contributed by atoms with van der Waals surface area (Å²) in [6.45, 7) is 1.45. The molecule has 0 fully saturated rings. The van der Waals surface area contributed by atoms with Crippen molar-refractivity contribution in [2.24, 2.45) is 5.73 Å². The highest BCUT2D eigenvalue weighted by Gasteiger charge is 2.28. The first-order valence-corrected chi connectivity index (χ1v) is 5.74. The lowest BCUT2D eigenvalue weighted by Gasteiger charge is -2.19. The number of aliphatic carboxylic acids is 1.